The minimum absolute atomic E-state index is 0.0819. The molecular weight excluding hydrogens is 378 g/mol. The second-order valence-corrected chi connectivity index (χ2v) is 8.09. The van der Waals surface area contributed by atoms with Crippen LogP contribution < -0.4 is 10.9 Å². The maximum atomic E-state index is 12.9. The first-order chi connectivity index (χ1) is 14.6. The zero-order valence-electron chi connectivity index (χ0n) is 16.6. The number of rotatable bonds is 2. The number of piperidine rings is 1. The summed E-state index contributed by atoms with van der Waals surface area (Å²) in [5.74, 6) is 0.541. The lowest BCUT2D eigenvalue weighted by atomic mass is 9.77. The molecular formula is C23H23N5O2. The number of benzene rings is 1. The molecule has 1 atom stereocenters. The van der Waals surface area contributed by atoms with Crippen molar-refractivity contribution in [2.45, 2.75) is 31.1 Å². The van der Waals surface area contributed by atoms with Gasteiger partial charge < -0.3 is 15.2 Å². The van der Waals surface area contributed by atoms with E-state index in [1.165, 1.54) is 0 Å². The number of likely N-dealkylation sites (tertiary alicyclic amines) is 1. The number of aromatic amines is 1. The van der Waals surface area contributed by atoms with Crippen molar-refractivity contribution in [3.63, 3.8) is 0 Å². The third kappa shape index (κ3) is 3.26. The third-order valence-corrected chi connectivity index (χ3v) is 6.20. The highest BCUT2D eigenvalue weighted by Gasteiger charge is 2.45. The summed E-state index contributed by atoms with van der Waals surface area (Å²) in [6, 6.07) is 13.1. The number of nitrogens with zero attached hydrogens (tertiary/aromatic N) is 3. The monoisotopic (exact) mass is 401 g/mol. The van der Waals surface area contributed by atoms with E-state index >= 15 is 0 Å². The highest BCUT2D eigenvalue weighted by molar-refractivity contribution is 5.89. The molecule has 2 aromatic heterocycles. The topological polar surface area (TPSA) is 91.0 Å². The number of amides is 2. The van der Waals surface area contributed by atoms with E-state index in [4.69, 9.17) is 4.98 Å². The molecule has 30 heavy (non-hydrogen) atoms. The molecule has 5 rings (SSSR count). The predicted molar refractivity (Wildman–Crippen MR) is 114 cm³/mol. The van der Waals surface area contributed by atoms with Crippen molar-refractivity contribution in [1.82, 2.24) is 19.9 Å². The summed E-state index contributed by atoms with van der Waals surface area (Å²) in [5.41, 5.74) is 2.82. The van der Waals surface area contributed by atoms with Gasteiger partial charge in [-0.2, -0.15) is 0 Å². The lowest BCUT2D eigenvalue weighted by Gasteiger charge is -2.40. The van der Waals surface area contributed by atoms with Gasteiger partial charge in [-0.1, -0.05) is 18.2 Å². The normalized spacial score (nSPS) is 20.2. The standard InChI is InChI=1S/C23H23N5O2/c29-21-18-9-11-23(19(18)26-20(27-21)16-6-4-12-24-14-16)10-5-13-28(15-23)22(30)25-17-7-2-1-3-8-17/h1-4,6-8,12,14H,5,9-11,13,15H2,(H,25,30)(H,26,27,29). The molecule has 7 heteroatoms. The Bertz CT molecular complexity index is 1130. The molecule has 1 unspecified atom stereocenters. The van der Waals surface area contributed by atoms with Gasteiger partial charge in [-0.05, 0) is 49.9 Å². The molecule has 0 bridgehead atoms. The maximum absolute atomic E-state index is 12.9. The van der Waals surface area contributed by atoms with Crippen LogP contribution in [0.15, 0.2) is 59.7 Å². The number of H-pyrrole nitrogens is 1. The molecule has 1 aromatic carbocycles. The molecule has 2 amide bonds. The molecule has 3 aromatic rings. The fraction of sp³-hybridized carbons (Fsp3) is 0.304. The highest BCUT2D eigenvalue weighted by Crippen LogP contribution is 2.43. The Hall–Kier alpha value is -3.48. The smallest absolute Gasteiger partial charge is 0.321 e. The van der Waals surface area contributed by atoms with E-state index in [-0.39, 0.29) is 17.0 Å². The van der Waals surface area contributed by atoms with Crippen molar-refractivity contribution in [3.05, 3.63) is 76.5 Å². The van der Waals surface area contributed by atoms with Crippen LogP contribution in [0.3, 0.4) is 0 Å². The van der Waals surface area contributed by atoms with Crippen LogP contribution in [0.2, 0.25) is 0 Å². The number of para-hydroxylation sites is 1. The van der Waals surface area contributed by atoms with Crippen molar-refractivity contribution in [2.24, 2.45) is 0 Å². The van der Waals surface area contributed by atoms with Crippen LogP contribution in [0, 0.1) is 0 Å². The van der Waals surface area contributed by atoms with Gasteiger partial charge in [0.1, 0.15) is 5.82 Å². The van der Waals surface area contributed by atoms with E-state index in [9.17, 15) is 9.59 Å². The SMILES string of the molecule is O=C(Nc1ccccc1)N1CCCC2(CCc3c2nc(-c2cccnc2)[nH]c3=O)C1. The average molecular weight is 401 g/mol. The number of nitrogens with one attached hydrogen (secondary N) is 2. The number of hydrogen-bond acceptors (Lipinski definition) is 4. The summed E-state index contributed by atoms with van der Waals surface area (Å²) in [5, 5.41) is 2.98. The van der Waals surface area contributed by atoms with Crippen molar-refractivity contribution >= 4 is 11.7 Å². The molecule has 1 fully saturated rings. The molecule has 152 valence electrons. The van der Waals surface area contributed by atoms with Crippen LogP contribution in [0.25, 0.3) is 11.4 Å². The lowest BCUT2D eigenvalue weighted by molar-refractivity contribution is 0.157. The van der Waals surface area contributed by atoms with Crippen molar-refractivity contribution in [2.75, 3.05) is 18.4 Å². The Morgan fingerprint density at radius 3 is 2.80 bits per heavy atom. The summed E-state index contributed by atoms with van der Waals surface area (Å²) < 4.78 is 0. The Kier molecular flexibility index (Phi) is 4.58. The molecule has 0 saturated carbocycles. The molecule has 2 aliphatic rings. The molecule has 2 N–H and O–H groups in total. The van der Waals surface area contributed by atoms with Crippen molar-refractivity contribution in [3.8, 4) is 11.4 Å². The quantitative estimate of drug-likeness (QED) is 0.689. The van der Waals surface area contributed by atoms with E-state index < -0.39 is 0 Å². The first-order valence-electron chi connectivity index (χ1n) is 10.3. The molecule has 1 spiro atoms. The summed E-state index contributed by atoms with van der Waals surface area (Å²) in [4.78, 5) is 39.5. The summed E-state index contributed by atoms with van der Waals surface area (Å²) >= 11 is 0. The zero-order valence-corrected chi connectivity index (χ0v) is 16.6. The Morgan fingerprint density at radius 2 is 2.00 bits per heavy atom. The minimum atomic E-state index is -0.271. The van der Waals surface area contributed by atoms with Gasteiger partial charge in [-0.3, -0.25) is 9.78 Å². The van der Waals surface area contributed by atoms with E-state index in [2.05, 4.69) is 15.3 Å². The Labute approximate surface area is 174 Å². The largest absolute Gasteiger partial charge is 0.324 e. The number of pyridine rings is 1. The first kappa shape index (κ1) is 18.5. The van der Waals surface area contributed by atoms with Gasteiger partial charge in [0.15, 0.2) is 0 Å². The number of carbonyl (C=O) groups is 1. The van der Waals surface area contributed by atoms with Gasteiger partial charge in [0, 0.05) is 47.7 Å². The fourth-order valence-electron chi connectivity index (χ4n) is 4.72. The zero-order chi connectivity index (χ0) is 20.6. The van der Waals surface area contributed by atoms with E-state index in [0.29, 0.717) is 25.3 Å². The average Bonchev–Trinajstić information content (AvgIpc) is 3.13. The molecule has 7 nitrogen and oxygen atoms in total. The van der Waals surface area contributed by atoms with E-state index in [1.54, 1.807) is 12.4 Å². The van der Waals surface area contributed by atoms with Gasteiger partial charge in [0.05, 0.1) is 5.69 Å². The van der Waals surface area contributed by atoms with Crippen LogP contribution in [0.5, 0.6) is 0 Å². The number of hydrogen-bond donors (Lipinski definition) is 2. The molecule has 1 aliphatic carbocycles. The number of urea groups is 1. The second-order valence-electron chi connectivity index (χ2n) is 8.09. The number of fused-ring (bicyclic) bond motifs is 2. The highest BCUT2D eigenvalue weighted by atomic mass is 16.2. The summed E-state index contributed by atoms with van der Waals surface area (Å²) in [7, 11) is 0. The van der Waals surface area contributed by atoms with Crippen molar-refractivity contribution in [1.29, 1.82) is 0 Å². The van der Waals surface area contributed by atoms with Crippen LogP contribution in [0.4, 0.5) is 10.5 Å². The van der Waals surface area contributed by atoms with Crippen LogP contribution in [-0.4, -0.2) is 39.0 Å². The Morgan fingerprint density at radius 1 is 1.13 bits per heavy atom. The lowest BCUT2D eigenvalue weighted by Crippen LogP contribution is -2.49. The third-order valence-electron chi connectivity index (χ3n) is 6.20. The van der Waals surface area contributed by atoms with Gasteiger partial charge in [-0.25, -0.2) is 9.78 Å². The van der Waals surface area contributed by atoms with Crippen LogP contribution >= 0.6 is 0 Å². The summed E-state index contributed by atoms with van der Waals surface area (Å²) in [6.45, 7) is 1.27. The molecule has 3 heterocycles. The van der Waals surface area contributed by atoms with Gasteiger partial charge in [0.2, 0.25) is 0 Å². The van der Waals surface area contributed by atoms with E-state index in [1.807, 2.05) is 47.4 Å². The maximum Gasteiger partial charge on any atom is 0.321 e. The van der Waals surface area contributed by atoms with E-state index in [0.717, 1.165) is 41.8 Å². The van der Waals surface area contributed by atoms with Gasteiger partial charge >= 0.3 is 6.03 Å². The van der Waals surface area contributed by atoms with Crippen molar-refractivity contribution < 1.29 is 4.79 Å². The fourth-order valence-corrected chi connectivity index (χ4v) is 4.72. The van der Waals surface area contributed by atoms with Gasteiger partial charge in [-0.15, -0.1) is 0 Å². The van der Waals surface area contributed by atoms with Crippen LogP contribution in [-0.2, 0) is 11.8 Å². The molecule has 1 saturated heterocycles. The Balaban J connectivity index is 1.45. The first-order valence-corrected chi connectivity index (χ1v) is 10.3. The number of aromatic nitrogens is 3. The van der Waals surface area contributed by atoms with Gasteiger partial charge in [0.25, 0.3) is 5.56 Å². The predicted octanol–water partition coefficient (Wildman–Crippen LogP) is 3.34. The number of anilines is 1. The van der Waals surface area contributed by atoms with Crippen LogP contribution in [0.1, 0.15) is 30.5 Å². The molecule has 1 aliphatic heterocycles. The summed E-state index contributed by atoms with van der Waals surface area (Å²) in [6.07, 6.45) is 6.74. The number of carbonyl (C=O) groups excluding carboxylic acids is 1. The second kappa shape index (κ2) is 7.40. The molecule has 0 radical (unpaired) electrons. The minimum Gasteiger partial charge on any atom is -0.324 e.